The molecule has 0 saturated carbocycles. The average Bonchev–Trinajstić information content (AvgIpc) is 3.71. The van der Waals surface area contributed by atoms with Crippen LogP contribution in [0.1, 0.15) is 0 Å². The van der Waals surface area contributed by atoms with Crippen molar-refractivity contribution in [3.8, 4) is 33.8 Å². The van der Waals surface area contributed by atoms with Crippen molar-refractivity contribution in [2.75, 3.05) is 0 Å². The average molecular weight is 589 g/mol. The Morgan fingerprint density at radius 2 is 1.20 bits per heavy atom. The van der Waals surface area contributed by atoms with Crippen molar-refractivity contribution in [3.05, 3.63) is 146 Å². The van der Waals surface area contributed by atoms with Gasteiger partial charge in [-0.25, -0.2) is 15.0 Å². The minimum atomic E-state index is 0.659. The molecule has 0 spiro atoms. The molecule has 4 heterocycles. The summed E-state index contributed by atoms with van der Waals surface area (Å²) in [5.41, 5.74) is 10.4. The molecule has 0 aliphatic carbocycles. The van der Waals surface area contributed by atoms with Crippen LogP contribution in [0.5, 0.6) is 0 Å². The summed E-state index contributed by atoms with van der Waals surface area (Å²) in [5.74, 6) is 0.659. The number of para-hydroxylation sites is 2. The number of furan rings is 1. The van der Waals surface area contributed by atoms with Crippen LogP contribution in [0.15, 0.2) is 150 Å². The molecular weight excluding hydrogens is 564 g/mol. The number of hydrogen-bond acceptors (Lipinski definition) is 4. The molecule has 0 radical (unpaired) electrons. The van der Waals surface area contributed by atoms with E-state index < -0.39 is 0 Å². The van der Waals surface area contributed by atoms with Gasteiger partial charge in [0.1, 0.15) is 16.8 Å². The number of hydrogen-bond donors (Lipinski definition) is 0. The molecule has 0 amide bonds. The van der Waals surface area contributed by atoms with Crippen LogP contribution in [0.2, 0.25) is 0 Å². The van der Waals surface area contributed by atoms with E-state index in [-0.39, 0.29) is 0 Å². The fraction of sp³-hybridized carbons (Fsp3) is 0. The zero-order chi connectivity index (χ0) is 30.2. The number of pyridine rings is 1. The molecule has 214 valence electrons. The van der Waals surface area contributed by atoms with Gasteiger partial charge < -0.3 is 4.42 Å². The summed E-state index contributed by atoms with van der Waals surface area (Å²) in [6.45, 7) is 0. The second-order valence-electron chi connectivity index (χ2n) is 11.6. The van der Waals surface area contributed by atoms with Crippen LogP contribution >= 0.6 is 0 Å². The molecule has 10 rings (SSSR count). The molecule has 10 aromatic rings. The van der Waals surface area contributed by atoms with Crippen molar-refractivity contribution < 1.29 is 4.42 Å². The smallest absolute Gasteiger partial charge is 0.162 e. The van der Waals surface area contributed by atoms with E-state index in [1.165, 1.54) is 0 Å². The molecule has 0 bridgehead atoms. The normalized spacial score (nSPS) is 11.9. The van der Waals surface area contributed by atoms with Gasteiger partial charge in [0.05, 0.1) is 22.1 Å². The minimum absolute atomic E-state index is 0.659. The molecule has 0 aliphatic heterocycles. The predicted octanol–water partition coefficient (Wildman–Crippen LogP) is 10.5. The van der Waals surface area contributed by atoms with Crippen LogP contribution < -0.4 is 0 Å². The summed E-state index contributed by atoms with van der Waals surface area (Å²) < 4.78 is 8.68. The molecule has 0 atom stereocenters. The lowest BCUT2D eigenvalue weighted by molar-refractivity contribution is 0.669. The van der Waals surface area contributed by atoms with Crippen LogP contribution in [-0.2, 0) is 0 Å². The van der Waals surface area contributed by atoms with E-state index in [2.05, 4.69) is 114 Å². The number of aromatic nitrogens is 4. The Balaban J connectivity index is 1.40. The van der Waals surface area contributed by atoms with E-state index in [0.29, 0.717) is 5.82 Å². The summed E-state index contributed by atoms with van der Waals surface area (Å²) in [6, 6.07) is 50.1. The SMILES string of the molecule is c1ccc(-c2ccc3oc4cccc(-c5nc(-c6ccccc6)nc6c5c5ccccc5c5nc7ccccc7n56)c4c3c2)cc1. The molecule has 0 unspecified atom stereocenters. The van der Waals surface area contributed by atoms with Gasteiger partial charge in [0.15, 0.2) is 11.5 Å². The molecule has 0 saturated heterocycles. The third-order valence-corrected chi connectivity index (χ3v) is 8.99. The number of benzene rings is 6. The standard InChI is InChI=1S/C41H24N4O/c1-3-12-25(13-4-1)27-22-23-34-31(24-27)36-30(18-11-21-35(36)46-34)38-37-28-16-7-8-17-29(28)40-42-32-19-9-10-20-33(32)45(40)41(37)44-39(43-38)26-14-5-2-6-15-26/h1-24H. The number of rotatable bonds is 3. The molecule has 6 aromatic carbocycles. The monoisotopic (exact) mass is 588 g/mol. The summed E-state index contributed by atoms with van der Waals surface area (Å²) in [6.07, 6.45) is 0. The molecule has 5 nitrogen and oxygen atoms in total. The number of fused-ring (bicyclic) bond motifs is 11. The Hall–Kier alpha value is -6.33. The first-order valence-electron chi connectivity index (χ1n) is 15.4. The Bertz CT molecular complexity index is 2800. The second-order valence-corrected chi connectivity index (χ2v) is 11.6. The van der Waals surface area contributed by atoms with Gasteiger partial charge in [-0.05, 0) is 46.8 Å². The molecule has 0 fully saturated rings. The van der Waals surface area contributed by atoms with E-state index in [0.717, 1.165) is 88.4 Å². The first-order chi connectivity index (χ1) is 22.8. The van der Waals surface area contributed by atoms with Crippen LogP contribution in [-0.4, -0.2) is 19.4 Å². The van der Waals surface area contributed by atoms with E-state index in [4.69, 9.17) is 19.4 Å². The highest BCUT2D eigenvalue weighted by molar-refractivity contribution is 6.21. The highest BCUT2D eigenvalue weighted by Gasteiger charge is 2.23. The summed E-state index contributed by atoms with van der Waals surface area (Å²) in [7, 11) is 0. The van der Waals surface area contributed by atoms with Gasteiger partial charge >= 0.3 is 0 Å². The van der Waals surface area contributed by atoms with E-state index in [1.807, 2.05) is 36.4 Å². The zero-order valence-corrected chi connectivity index (χ0v) is 24.6. The summed E-state index contributed by atoms with van der Waals surface area (Å²) >= 11 is 0. The van der Waals surface area contributed by atoms with Crippen molar-refractivity contribution >= 4 is 60.4 Å². The van der Waals surface area contributed by atoms with Crippen LogP contribution in [0.3, 0.4) is 0 Å². The molecular formula is C41H24N4O. The fourth-order valence-electron chi connectivity index (χ4n) is 6.92. The molecule has 46 heavy (non-hydrogen) atoms. The second kappa shape index (κ2) is 9.58. The van der Waals surface area contributed by atoms with Gasteiger partial charge in [-0.15, -0.1) is 0 Å². The van der Waals surface area contributed by atoms with Crippen LogP contribution in [0.4, 0.5) is 0 Å². The zero-order valence-electron chi connectivity index (χ0n) is 24.6. The van der Waals surface area contributed by atoms with Gasteiger partial charge in [-0.2, -0.15) is 0 Å². The lowest BCUT2D eigenvalue weighted by atomic mass is 9.97. The van der Waals surface area contributed by atoms with Gasteiger partial charge in [-0.1, -0.05) is 115 Å². The Labute approximate surface area is 263 Å². The van der Waals surface area contributed by atoms with Crippen molar-refractivity contribution in [1.29, 1.82) is 0 Å². The van der Waals surface area contributed by atoms with Crippen molar-refractivity contribution in [3.63, 3.8) is 0 Å². The number of nitrogens with zero attached hydrogens (tertiary/aromatic N) is 4. The highest BCUT2D eigenvalue weighted by Crippen LogP contribution is 2.43. The first kappa shape index (κ1) is 25.0. The maximum absolute atomic E-state index is 6.48. The molecule has 0 aliphatic rings. The summed E-state index contributed by atoms with van der Waals surface area (Å²) in [5, 5.41) is 5.18. The Morgan fingerprint density at radius 3 is 2.04 bits per heavy atom. The lowest BCUT2D eigenvalue weighted by Crippen LogP contribution is -2.01. The lowest BCUT2D eigenvalue weighted by Gasteiger charge is -2.15. The topological polar surface area (TPSA) is 56.2 Å². The number of imidazole rings is 1. The Kier molecular flexibility index (Phi) is 5.22. The minimum Gasteiger partial charge on any atom is -0.456 e. The molecule has 0 N–H and O–H groups in total. The predicted molar refractivity (Wildman–Crippen MR) is 187 cm³/mol. The van der Waals surface area contributed by atoms with Gasteiger partial charge in [0, 0.05) is 27.3 Å². The van der Waals surface area contributed by atoms with Gasteiger partial charge in [-0.3, -0.25) is 4.40 Å². The third kappa shape index (κ3) is 3.60. The maximum atomic E-state index is 6.48. The third-order valence-electron chi connectivity index (χ3n) is 8.99. The van der Waals surface area contributed by atoms with Crippen molar-refractivity contribution in [1.82, 2.24) is 19.4 Å². The molecule has 4 aromatic heterocycles. The van der Waals surface area contributed by atoms with E-state index in [9.17, 15) is 0 Å². The van der Waals surface area contributed by atoms with Crippen molar-refractivity contribution in [2.45, 2.75) is 0 Å². The van der Waals surface area contributed by atoms with E-state index in [1.54, 1.807) is 0 Å². The Morgan fingerprint density at radius 1 is 0.457 bits per heavy atom. The van der Waals surface area contributed by atoms with E-state index >= 15 is 0 Å². The highest BCUT2D eigenvalue weighted by atomic mass is 16.3. The summed E-state index contributed by atoms with van der Waals surface area (Å²) in [4.78, 5) is 15.8. The van der Waals surface area contributed by atoms with Gasteiger partial charge in [0.2, 0.25) is 0 Å². The van der Waals surface area contributed by atoms with Crippen LogP contribution in [0, 0.1) is 0 Å². The van der Waals surface area contributed by atoms with Gasteiger partial charge in [0.25, 0.3) is 0 Å². The van der Waals surface area contributed by atoms with Crippen molar-refractivity contribution in [2.24, 2.45) is 0 Å². The fourth-order valence-corrected chi connectivity index (χ4v) is 6.92. The molecule has 5 heteroatoms. The maximum Gasteiger partial charge on any atom is 0.162 e. The van der Waals surface area contributed by atoms with Crippen LogP contribution in [0.25, 0.3) is 94.2 Å². The quantitative estimate of drug-likeness (QED) is 0.193. The first-order valence-corrected chi connectivity index (χ1v) is 15.4. The largest absolute Gasteiger partial charge is 0.456 e.